The lowest BCUT2D eigenvalue weighted by molar-refractivity contribution is 0.359. The van der Waals surface area contributed by atoms with E-state index in [1.807, 2.05) is 12.3 Å². The van der Waals surface area contributed by atoms with Gasteiger partial charge in [0.05, 0.1) is 5.51 Å². The van der Waals surface area contributed by atoms with Crippen LogP contribution in [0.5, 0.6) is 0 Å². The van der Waals surface area contributed by atoms with Crippen LogP contribution in [0.15, 0.2) is 15.4 Å². The van der Waals surface area contributed by atoms with Crippen molar-refractivity contribution in [2.75, 3.05) is 6.54 Å². The minimum atomic E-state index is 0.355. The average molecular weight is 224 g/mol. The molecular formula is C9H12N4OS. The molecule has 0 saturated heterocycles. The van der Waals surface area contributed by atoms with Gasteiger partial charge in [-0.2, -0.15) is 4.98 Å². The molecular weight excluding hydrogens is 212 g/mol. The third-order valence-corrected chi connectivity index (χ3v) is 2.64. The van der Waals surface area contributed by atoms with Crippen molar-refractivity contribution in [2.24, 2.45) is 11.7 Å². The summed E-state index contributed by atoms with van der Waals surface area (Å²) < 4.78 is 5.11. The molecule has 1 atom stereocenters. The second kappa shape index (κ2) is 4.50. The van der Waals surface area contributed by atoms with E-state index in [1.165, 1.54) is 11.3 Å². The quantitative estimate of drug-likeness (QED) is 0.847. The predicted octanol–water partition coefficient (Wildman–Crippen LogP) is 1.33. The van der Waals surface area contributed by atoms with E-state index in [2.05, 4.69) is 15.1 Å². The minimum absolute atomic E-state index is 0.355. The van der Waals surface area contributed by atoms with Gasteiger partial charge in [-0.15, -0.1) is 11.3 Å². The number of nitrogens with zero attached hydrogens (tertiary/aromatic N) is 3. The van der Waals surface area contributed by atoms with Gasteiger partial charge in [-0.3, -0.25) is 0 Å². The maximum atomic E-state index is 5.52. The summed E-state index contributed by atoms with van der Waals surface area (Å²) in [5.74, 6) is 1.53. The van der Waals surface area contributed by atoms with Crippen LogP contribution in [0.2, 0.25) is 0 Å². The first-order valence-corrected chi connectivity index (χ1v) is 5.65. The molecule has 5 nitrogen and oxygen atoms in total. The normalized spacial score (nSPS) is 12.9. The summed E-state index contributed by atoms with van der Waals surface area (Å²) in [4.78, 5) is 8.36. The molecule has 0 aliphatic carbocycles. The van der Waals surface area contributed by atoms with Crippen molar-refractivity contribution in [1.29, 1.82) is 0 Å². The molecule has 0 aliphatic rings. The second-order valence-corrected chi connectivity index (χ2v) is 4.15. The van der Waals surface area contributed by atoms with Crippen molar-refractivity contribution in [3.63, 3.8) is 0 Å². The number of hydrogen-bond donors (Lipinski definition) is 1. The Morgan fingerprint density at radius 2 is 2.47 bits per heavy atom. The van der Waals surface area contributed by atoms with Gasteiger partial charge in [0.2, 0.25) is 11.7 Å². The molecule has 0 radical (unpaired) electrons. The third-order valence-electron chi connectivity index (χ3n) is 2.05. The first-order chi connectivity index (χ1) is 7.29. The van der Waals surface area contributed by atoms with E-state index in [1.54, 1.807) is 5.51 Å². The van der Waals surface area contributed by atoms with Crippen LogP contribution in [0.3, 0.4) is 0 Å². The number of hydrogen-bond acceptors (Lipinski definition) is 6. The Hall–Kier alpha value is -1.27. The van der Waals surface area contributed by atoms with Gasteiger partial charge in [0.1, 0.15) is 5.69 Å². The molecule has 80 valence electrons. The number of rotatable bonds is 4. The standard InChI is InChI=1S/C9H12N4OS/c1-6(3-10)2-8-12-9(13-14-8)7-4-15-5-11-7/h4-6H,2-3,10H2,1H3. The maximum Gasteiger partial charge on any atom is 0.227 e. The van der Waals surface area contributed by atoms with Crippen LogP contribution in [0.25, 0.3) is 11.5 Å². The van der Waals surface area contributed by atoms with Gasteiger partial charge in [-0.25, -0.2) is 4.98 Å². The largest absolute Gasteiger partial charge is 0.339 e. The van der Waals surface area contributed by atoms with Crippen LogP contribution in [0.4, 0.5) is 0 Å². The van der Waals surface area contributed by atoms with Gasteiger partial charge in [0, 0.05) is 11.8 Å². The van der Waals surface area contributed by atoms with Crippen molar-refractivity contribution >= 4 is 11.3 Å². The Morgan fingerprint density at radius 1 is 1.60 bits per heavy atom. The molecule has 2 N–H and O–H groups in total. The highest BCUT2D eigenvalue weighted by Gasteiger charge is 2.12. The van der Waals surface area contributed by atoms with E-state index >= 15 is 0 Å². The maximum absolute atomic E-state index is 5.52. The predicted molar refractivity (Wildman–Crippen MR) is 57.3 cm³/mol. The van der Waals surface area contributed by atoms with Gasteiger partial charge in [0.25, 0.3) is 0 Å². The van der Waals surface area contributed by atoms with Crippen molar-refractivity contribution in [1.82, 2.24) is 15.1 Å². The fourth-order valence-electron chi connectivity index (χ4n) is 1.15. The molecule has 0 saturated carbocycles. The summed E-state index contributed by atoms with van der Waals surface area (Å²) in [7, 11) is 0. The van der Waals surface area contributed by atoms with E-state index < -0.39 is 0 Å². The first-order valence-electron chi connectivity index (χ1n) is 4.71. The van der Waals surface area contributed by atoms with Crippen molar-refractivity contribution in [3.8, 4) is 11.5 Å². The molecule has 2 aromatic rings. The molecule has 0 bridgehead atoms. The van der Waals surface area contributed by atoms with Crippen LogP contribution in [0.1, 0.15) is 12.8 Å². The van der Waals surface area contributed by atoms with Gasteiger partial charge >= 0.3 is 0 Å². The Labute approximate surface area is 91.3 Å². The second-order valence-electron chi connectivity index (χ2n) is 3.43. The Morgan fingerprint density at radius 3 is 3.13 bits per heavy atom. The minimum Gasteiger partial charge on any atom is -0.339 e. The monoisotopic (exact) mass is 224 g/mol. The Bertz CT molecular complexity index is 411. The summed E-state index contributed by atoms with van der Waals surface area (Å²) in [5, 5.41) is 5.75. The smallest absolute Gasteiger partial charge is 0.227 e. The molecule has 0 aliphatic heterocycles. The average Bonchev–Trinajstić information content (AvgIpc) is 2.85. The SMILES string of the molecule is CC(CN)Cc1nc(-c2cscn2)no1. The molecule has 0 fully saturated rings. The van der Waals surface area contributed by atoms with Gasteiger partial charge in [0.15, 0.2) is 0 Å². The summed E-state index contributed by atoms with van der Waals surface area (Å²) in [5.41, 5.74) is 8.02. The fraction of sp³-hybridized carbons (Fsp3) is 0.444. The molecule has 6 heteroatoms. The summed E-state index contributed by atoms with van der Waals surface area (Å²) in [6.45, 7) is 2.67. The van der Waals surface area contributed by atoms with E-state index in [9.17, 15) is 0 Å². The van der Waals surface area contributed by atoms with Crippen LogP contribution in [0, 0.1) is 5.92 Å². The molecule has 1 unspecified atom stereocenters. The van der Waals surface area contributed by atoms with E-state index in [-0.39, 0.29) is 0 Å². The lowest BCUT2D eigenvalue weighted by Crippen LogP contribution is -2.13. The van der Waals surface area contributed by atoms with E-state index in [0.29, 0.717) is 30.6 Å². The van der Waals surface area contributed by atoms with Gasteiger partial charge < -0.3 is 10.3 Å². The molecule has 0 spiro atoms. The Balaban J connectivity index is 2.11. The van der Waals surface area contributed by atoms with Crippen molar-refractivity contribution in [3.05, 3.63) is 16.8 Å². The zero-order valence-corrected chi connectivity index (χ0v) is 9.20. The van der Waals surface area contributed by atoms with Crippen LogP contribution < -0.4 is 5.73 Å². The summed E-state index contributed by atoms with van der Waals surface area (Å²) >= 11 is 1.51. The summed E-state index contributed by atoms with van der Waals surface area (Å²) in [6, 6.07) is 0. The topological polar surface area (TPSA) is 77.8 Å². The van der Waals surface area contributed by atoms with Crippen LogP contribution >= 0.6 is 11.3 Å². The van der Waals surface area contributed by atoms with Gasteiger partial charge in [-0.1, -0.05) is 12.1 Å². The van der Waals surface area contributed by atoms with E-state index in [0.717, 1.165) is 5.69 Å². The number of nitrogens with two attached hydrogens (primary N) is 1. The zero-order chi connectivity index (χ0) is 10.7. The fourth-order valence-corrected chi connectivity index (χ4v) is 1.68. The van der Waals surface area contributed by atoms with Crippen molar-refractivity contribution in [2.45, 2.75) is 13.3 Å². The Kier molecular flexibility index (Phi) is 3.08. The number of thiazole rings is 1. The lowest BCUT2D eigenvalue weighted by Gasteiger charge is -2.01. The molecule has 2 aromatic heterocycles. The molecule has 0 aromatic carbocycles. The molecule has 0 amide bonds. The molecule has 2 rings (SSSR count). The molecule has 15 heavy (non-hydrogen) atoms. The van der Waals surface area contributed by atoms with E-state index in [4.69, 9.17) is 10.3 Å². The molecule has 2 heterocycles. The van der Waals surface area contributed by atoms with Crippen molar-refractivity contribution < 1.29 is 4.52 Å². The zero-order valence-electron chi connectivity index (χ0n) is 8.38. The first kappa shape index (κ1) is 10.3. The highest BCUT2D eigenvalue weighted by molar-refractivity contribution is 7.07. The summed E-state index contributed by atoms with van der Waals surface area (Å²) in [6.07, 6.45) is 0.716. The van der Waals surface area contributed by atoms with Crippen LogP contribution in [-0.4, -0.2) is 21.7 Å². The number of aromatic nitrogens is 3. The third kappa shape index (κ3) is 2.40. The van der Waals surface area contributed by atoms with Crippen LogP contribution in [-0.2, 0) is 6.42 Å². The highest BCUT2D eigenvalue weighted by atomic mass is 32.1. The van der Waals surface area contributed by atoms with Gasteiger partial charge in [-0.05, 0) is 12.5 Å². The highest BCUT2D eigenvalue weighted by Crippen LogP contribution is 2.16. The lowest BCUT2D eigenvalue weighted by atomic mass is 10.1.